The Balaban J connectivity index is 1.48. The van der Waals surface area contributed by atoms with Gasteiger partial charge in [-0.1, -0.05) is 12.1 Å². The molecule has 25 heavy (non-hydrogen) atoms. The number of carbonyl (C=O) groups is 2. The standard InChI is InChI=1S/C18H17N3O3S/c1-9-12-8-15(25-17(12)21(2)20-9)16(22)19-11-5-3-10(4-6-11)13-7-14(13)18(23)24/h3-6,8,13-14H,7H2,1-2H3,(H,19,22)(H,23,24)/t13-,14+/m0/s1. The molecule has 2 N–H and O–H groups in total. The SMILES string of the molecule is Cc1nn(C)c2sc(C(=O)Nc3ccc([C@@H]4C[C@H]4C(=O)O)cc3)cc12. The van der Waals surface area contributed by atoms with Crippen LogP contribution in [0.15, 0.2) is 30.3 Å². The van der Waals surface area contributed by atoms with Gasteiger partial charge in [0.25, 0.3) is 5.91 Å². The third-order valence-electron chi connectivity index (χ3n) is 4.62. The molecule has 2 aromatic heterocycles. The minimum atomic E-state index is -0.739. The number of anilines is 1. The van der Waals surface area contributed by atoms with Crippen molar-refractivity contribution in [2.45, 2.75) is 19.3 Å². The summed E-state index contributed by atoms with van der Waals surface area (Å²) in [6.07, 6.45) is 0.691. The summed E-state index contributed by atoms with van der Waals surface area (Å²) in [6.45, 7) is 1.93. The summed E-state index contributed by atoms with van der Waals surface area (Å²) in [7, 11) is 1.87. The summed E-state index contributed by atoms with van der Waals surface area (Å²) in [5.74, 6) is -1.06. The highest BCUT2D eigenvalue weighted by Gasteiger charge is 2.44. The lowest BCUT2D eigenvalue weighted by molar-refractivity contribution is -0.138. The molecule has 0 aliphatic heterocycles. The van der Waals surface area contributed by atoms with E-state index in [0.29, 0.717) is 17.0 Å². The zero-order valence-electron chi connectivity index (χ0n) is 13.8. The number of carbonyl (C=O) groups excluding carboxylic acids is 1. The fourth-order valence-electron chi connectivity index (χ4n) is 3.16. The second kappa shape index (κ2) is 5.70. The van der Waals surface area contributed by atoms with Crippen molar-refractivity contribution in [2.24, 2.45) is 13.0 Å². The molecule has 4 rings (SSSR count). The predicted octanol–water partition coefficient (Wildman–Crippen LogP) is 3.38. The van der Waals surface area contributed by atoms with Crippen LogP contribution in [0.5, 0.6) is 0 Å². The van der Waals surface area contributed by atoms with Gasteiger partial charge in [0.15, 0.2) is 0 Å². The summed E-state index contributed by atoms with van der Waals surface area (Å²) >= 11 is 1.42. The maximum atomic E-state index is 12.5. The van der Waals surface area contributed by atoms with Crippen LogP contribution in [0, 0.1) is 12.8 Å². The van der Waals surface area contributed by atoms with Gasteiger partial charge in [-0.05, 0) is 43.0 Å². The summed E-state index contributed by atoms with van der Waals surface area (Å²) < 4.78 is 1.79. The van der Waals surface area contributed by atoms with E-state index in [9.17, 15) is 9.59 Å². The zero-order chi connectivity index (χ0) is 17.7. The largest absolute Gasteiger partial charge is 0.481 e. The average Bonchev–Trinajstić information content (AvgIpc) is 3.17. The van der Waals surface area contributed by atoms with Gasteiger partial charge in [0.05, 0.1) is 16.5 Å². The summed E-state index contributed by atoms with van der Waals surface area (Å²) in [4.78, 5) is 25.0. The van der Waals surface area contributed by atoms with Gasteiger partial charge in [-0.2, -0.15) is 5.10 Å². The Labute approximate surface area is 148 Å². The number of amides is 1. The number of nitrogens with zero attached hydrogens (tertiary/aromatic N) is 2. The fraction of sp³-hybridized carbons (Fsp3) is 0.278. The third kappa shape index (κ3) is 2.80. The van der Waals surface area contributed by atoms with E-state index in [1.165, 1.54) is 11.3 Å². The first-order valence-corrected chi connectivity index (χ1v) is 8.83. The van der Waals surface area contributed by atoms with Crippen LogP contribution < -0.4 is 5.32 Å². The molecule has 1 aliphatic carbocycles. The van der Waals surface area contributed by atoms with Crippen LogP contribution in [0.3, 0.4) is 0 Å². The van der Waals surface area contributed by atoms with E-state index in [4.69, 9.17) is 5.11 Å². The van der Waals surface area contributed by atoms with Crippen molar-refractivity contribution in [1.29, 1.82) is 0 Å². The molecule has 1 saturated carbocycles. The minimum Gasteiger partial charge on any atom is -0.481 e. The van der Waals surface area contributed by atoms with E-state index < -0.39 is 5.97 Å². The van der Waals surface area contributed by atoms with Crippen LogP contribution in [0.4, 0.5) is 5.69 Å². The second-order valence-electron chi connectivity index (χ2n) is 6.40. The Morgan fingerprint density at radius 3 is 2.64 bits per heavy atom. The first kappa shape index (κ1) is 15.8. The molecule has 2 heterocycles. The molecule has 7 heteroatoms. The number of aromatic nitrogens is 2. The molecule has 0 radical (unpaired) electrons. The zero-order valence-corrected chi connectivity index (χ0v) is 14.6. The number of hydrogen-bond donors (Lipinski definition) is 2. The molecule has 3 aromatic rings. The van der Waals surface area contributed by atoms with Crippen molar-refractivity contribution in [1.82, 2.24) is 9.78 Å². The predicted molar refractivity (Wildman–Crippen MR) is 96.2 cm³/mol. The van der Waals surface area contributed by atoms with Crippen LogP contribution in [-0.2, 0) is 11.8 Å². The average molecular weight is 355 g/mol. The Bertz CT molecular complexity index is 953. The number of carboxylic acid groups (broad SMARTS) is 1. The molecule has 128 valence electrons. The quantitative estimate of drug-likeness (QED) is 0.751. The molecule has 1 aromatic carbocycles. The monoisotopic (exact) mass is 355 g/mol. The Morgan fingerprint density at radius 1 is 1.32 bits per heavy atom. The van der Waals surface area contributed by atoms with Crippen LogP contribution in [0.2, 0.25) is 0 Å². The molecular formula is C18H17N3O3S. The number of thiophene rings is 1. The first-order chi connectivity index (χ1) is 11.9. The molecule has 0 spiro atoms. The Morgan fingerprint density at radius 2 is 2.04 bits per heavy atom. The highest BCUT2D eigenvalue weighted by molar-refractivity contribution is 7.20. The van der Waals surface area contributed by atoms with E-state index in [0.717, 1.165) is 21.5 Å². The van der Waals surface area contributed by atoms with Gasteiger partial charge in [0, 0.05) is 18.1 Å². The van der Waals surface area contributed by atoms with Gasteiger partial charge >= 0.3 is 5.97 Å². The maximum absolute atomic E-state index is 12.5. The molecule has 6 nitrogen and oxygen atoms in total. The fourth-order valence-corrected chi connectivity index (χ4v) is 4.18. The lowest BCUT2D eigenvalue weighted by atomic mass is 10.1. The first-order valence-electron chi connectivity index (χ1n) is 8.01. The molecule has 0 unspecified atom stereocenters. The van der Waals surface area contributed by atoms with Crippen molar-refractivity contribution < 1.29 is 14.7 Å². The van der Waals surface area contributed by atoms with E-state index >= 15 is 0 Å². The lowest BCUT2D eigenvalue weighted by Crippen LogP contribution is -2.10. The Kier molecular flexibility index (Phi) is 3.61. The molecule has 1 fully saturated rings. The number of aliphatic carboxylic acids is 1. The van der Waals surface area contributed by atoms with Crippen LogP contribution in [-0.4, -0.2) is 26.8 Å². The van der Waals surface area contributed by atoms with Crippen LogP contribution >= 0.6 is 11.3 Å². The van der Waals surface area contributed by atoms with Gasteiger partial charge < -0.3 is 10.4 Å². The highest BCUT2D eigenvalue weighted by atomic mass is 32.1. The van der Waals surface area contributed by atoms with Crippen LogP contribution in [0.1, 0.15) is 33.3 Å². The van der Waals surface area contributed by atoms with E-state index in [2.05, 4.69) is 10.4 Å². The van der Waals surface area contributed by atoms with Gasteiger partial charge in [-0.15, -0.1) is 11.3 Å². The minimum absolute atomic E-state index is 0.0975. The molecule has 0 saturated heterocycles. The lowest BCUT2D eigenvalue weighted by Gasteiger charge is -2.05. The van der Waals surface area contributed by atoms with Crippen molar-refractivity contribution in [2.75, 3.05) is 5.32 Å². The number of hydrogen-bond acceptors (Lipinski definition) is 4. The molecule has 0 bridgehead atoms. The second-order valence-corrected chi connectivity index (χ2v) is 7.43. The number of fused-ring (bicyclic) bond motifs is 1. The van der Waals surface area contributed by atoms with Crippen molar-refractivity contribution in [3.63, 3.8) is 0 Å². The molecule has 2 atom stereocenters. The van der Waals surface area contributed by atoms with Gasteiger partial charge in [0.2, 0.25) is 0 Å². The van der Waals surface area contributed by atoms with Crippen molar-refractivity contribution >= 4 is 39.1 Å². The smallest absolute Gasteiger partial charge is 0.307 e. The van der Waals surface area contributed by atoms with Gasteiger partial charge in [-0.25, -0.2) is 0 Å². The number of carboxylic acids is 1. The van der Waals surface area contributed by atoms with Gasteiger partial charge in [-0.3, -0.25) is 14.3 Å². The maximum Gasteiger partial charge on any atom is 0.307 e. The molecule has 1 amide bonds. The number of benzene rings is 1. The number of aryl methyl sites for hydroxylation is 2. The van der Waals surface area contributed by atoms with Crippen molar-refractivity contribution in [3.8, 4) is 0 Å². The normalized spacial score (nSPS) is 19.1. The van der Waals surface area contributed by atoms with Crippen LogP contribution in [0.25, 0.3) is 10.2 Å². The van der Waals surface area contributed by atoms with E-state index in [1.807, 2.05) is 44.3 Å². The Hall–Kier alpha value is -2.67. The summed E-state index contributed by atoms with van der Waals surface area (Å²) in [5.41, 5.74) is 2.62. The van der Waals surface area contributed by atoms with E-state index in [-0.39, 0.29) is 17.7 Å². The third-order valence-corrected chi connectivity index (χ3v) is 5.82. The van der Waals surface area contributed by atoms with E-state index in [1.54, 1.807) is 4.68 Å². The van der Waals surface area contributed by atoms with Gasteiger partial charge in [0.1, 0.15) is 4.83 Å². The highest BCUT2D eigenvalue weighted by Crippen LogP contribution is 2.47. The van der Waals surface area contributed by atoms with Crippen molar-refractivity contribution in [3.05, 3.63) is 46.5 Å². The summed E-state index contributed by atoms with van der Waals surface area (Å²) in [5, 5.41) is 17.2. The number of rotatable bonds is 4. The summed E-state index contributed by atoms with van der Waals surface area (Å²) in [6, 6.07) is 9.30. The molecule has 1 aliphatic rings. The molecular weight excluding hydrogens is 338 g/mol. The topological polar surface area (TPSA) is 84.2 Å². The number of nitrogens with one attached hydrogen (secondary N) is 1.